The number of hydrogen-bond acceptors (Lipinski definition) is 4. The number of rotatable bonds is 5. The molecule has 4 rings (SSSR count). The molecule has 5 nitrogen and oxygen atoms in total. The van der Waals surface area contributed by atoms with E-state index in [1.807, 2.05) is 6.92 Å². The number of aryl methyl sites for hydroxylation is 1. The molecule has 2 aromatic heterocycles. The quantitative estimate of drug-likeness (QED) is 0.486. The maximum absolute atomic E-state index is 13.7. The molecule has 0 N–H and O–H groups in total. The average molecular weight is 386 g/mol. The minimum Gasteiger partial charge on any atom is -0.276 e. The van der Waals surface area contributed by atoms with Gasteiger partial charge in [0.25, 0.3) is 5.56 Å². The summed E-state index contributed by atoms with van der Waals surface area (Å²) in [6, 6.07) is 10.4. The van der Waals surface area contributed by atoms with Crippen molar-refractivity contribution in [1.29, 1.82) is 0 Å². The molecule has 2 heterocycles. The summed E-state index contributed by atoms with van der Waals surface area (Å²) in [4.78, 5) is 12.8. The van der Waals surface area contributed by atoms with Crippen LogP contribution in [0.4, 0.5) is 8.78 Å². The Bertz CT molecular complexity index is 1180. The minimum absolute atomic E-state index is 0.277. The van der Waals surface area contributed by atoms with Crippen molar-refractivity contribution in [2.24, 2.45) is 0 Å². The first-order valence-corrected chi connectivity index (χ1v) is 9.51. The Morgan fingerprint density at radius 1 is 1.04 bits per heavy atom. The number of thioether (sulfide) groups is 1. The van der Waals surface area contributed by atoms with E-state index < -0.39 is 5.82 Å². The third-order valence-electron chi connectivity index (χ3n) is 4.26. The van der Waals surface area contributed by atoms with Gasteiger partial charge in [0, 0.05) is 12.3 Å². The standard InChI is InChI=1S/C19H16F2N4OS/c1-2-9-24-17(26)15-10-14(21)7-8-16(15)25-18(24)22-23-19(25)27-11-12-3-5-13(20)6-4-12/h3-8,10H,2,9,11H2,1H3. The van der Waals surface area contributed by atoms with Gasteiger partial charge in [-0.05, 0) is 42.3 Å². The van der Waals surface area contributed by atoms with Gasteiger partial charge in [0.05, 0.1) is 10.9 Å². The summed E-state index contributed by atoms with van der Waals surface area (Å²) in [5, 5.41) is 9.32. The third-order valence-corrected chi connectivity index (χ3v) is 5.26. The van der Waals surface area contributed by atoms with E-state index in [-0.39, 0.29) is 11.4 Å². The van der Waals surface area contributed by atoms with Crippen LogP contribution in [-0.2, 0) is 12.3 Å². The maximum atomic E-state index is 13.7. The second-order valence-electron chi connectivity index (χ2n) is 6.15. The zero-order valence-electron chi connectivity index (χ0n) is 14.5. The van der Waals surface area contributed by atoms with Crippen LogP contribution in [0.2, 0.25) is 0 Å². The topological polar surface area (TPSA) is 52.2 Å². The molecular weight excluding hydrogens is 370 g/mol. The molecule has 27 heavy (non-hydrogen) atoms. The average Bonchev–Trinajstić information content (AvgIpc) is 3.08. The SMILES string of the molecule is CCCn1c(=O)c2cc(F)ccc2n2c(SCc3ccc(F)cc3)nnc12. The fourth-order valence-corrected chi connectivity index (χ4v) is 3.90. The fourth-order valence-electron chi connectivity index (χ4n) is 3.01. The highest BCUT2D eigenvalue weighted by Gasteiger charge is 2.17. The van der Waals surface area contributed by atoms with Crippen LogP contribution in [-0.4, -0.2) is 19.2 Å². The predicted molar refractivity (Wildman–Crippen MR) is 101 cm³/mol. The second-order valence-corrected chi connectivity index (χ2v) is 7.09. The Morgan fingerprint density at radius 2 is 1.78 bits per heavy atom. The number of aromatic nitrogens is 4. The molecule has 0 aliphatic rings. The number of halogens is 2. The molecule has 0 bridgehead atoms. The van der Waals surface area contributed by atoms with E-state index in [1.165, 1.54) is 40.6 Å². The Hall–Kier alpha value is -2.74. The van der Waals surface area contributed by atoms with Gasteiger partial charge in [-0.3, -0.25) is 13.8 Å². The van der Waals surface area contributed by atoms with E-state index >= 15 is 0 Å². The van der Waals surface area contributed by atoms with E-state index in [9.17, 15) is 13.6 Å². The summed E-state index contributed by atoms with van der Waals surface area (Å²) in [6.07, 6.45) is 0.737. The van der Waals surface area contributed by atoms with Crippen LogP contribution in [0.15, 0.2) is 52.4 Å². The highest BCUT2D eigenvalue weighted by molar-refractivity contribution is 7.98. The zero-order valence-corrected chi connectivity index (χ0v) is 15.3. The minimum atomic E-state index is -0.462. The van der Waals surface area contributed by atoms with Crippen LogP contribution < -0.4 is 5.56 Å². The second kappa shape index (κ2) is 7.11. The van der Waals surface area contributed by atoms with Gasteiger partial charge in [0.1, 0.15) is 11.6 Å². The van der Waals surface area contributed by atoms with E-state index in [0.29, 0.717) is 34.1 Å². The van der Waals surface area contributed by atoms with Crippen LogP contribution in [0, 0.1) is 11.6 Å². The van der Waals surface area contributed by atoms with Crippen molar-refractivity contribution >= 4 is 28.4 Å². The number of nitrogens with zero attached hydrogens (tertiary/aromatic N) is 4. The van der Waals surface area contributed by atoms with Crippen molar-refractivity contribution in [1.82, 2.24) is 19.2 Å². The molecule has 0 amide bonds. The van der Waals surface area contributed by atoms with E-state index in [4.69, 9.17) is 0 Å². The molecule has 0 saturated heterocycles. The molecule has 0 saturated carbocycles. The van der Waals surface area contributed by atoms with Crippen molar-refractivity contribution in [3.63, 3.8) is 0 Å². The monoisotopic (exact) mass is 386 g/mol. The molecular formula is C19H16F2N4OS. The molecule has 0 fully saturated rings. The van der Waals surface area contributed by atoms with Crippen LogP contribution >= 0.6 is 11.8 Å². The van der Waals surface area contributed by atoms with E-state index in [1.54, 1.807) is 22.6 Å². The Kier molecular flexibility index (Phi) is 4.65. The number of hydrogen-bond donors (Lipinski definition) is 0. The maximum Gasteiger partial charge on any atom is 0.262 e. The van der Waals surface area contributed by atoms with E-state index in [0.717, 1.165) is 12.0 Å². The number of benzene rings is 2. The molecule has 2 aromatic carbocycles. The molecule has 0 aliphatic carbocycles. The Labute approximate surface area is 157 Å². The molecule has 4 aromatic rings. The van der Waals surface area contributed by atoms with Gasteiger partial charge in [-0.2, -0.15) is 0 Å². The molecule has 0 spiro atoms. The first-order valence-electron chi connectivity index (χ1n) is 8.53. The lowest BCUT2D eigenvalue weighted by molar-refractivity contribution is 0.627. The molecule has 0 atom stereocenters. The highest BCUT2D eigenvalue weighted by Crippen LogP contribution is 2.25. The zero-order chi connectivity index (χ0) is 19.0. The van der Waals surface area contributed by atoms with Crippen LogP contribution in [0.1, 0.15) is 18.9 Å². The lowest BCUT2D eigenvalue weighted by atomic mass is 10.2. The van der Waals surface area contributed by atoms with Crippen LogP contribution in [0.3, 0.4) is 0 Å². The van der Waals surface area contributed by atoms with Gasteiger partial charge in [0.15, 0.2) is 5.16 Å². The first-order chi connectivity index (χ1) is 13.1. The number of fused-ring (bicyclic) bond motifs is 3. The largest absolute Gasteiger partial charge is 0.276 e. The van der Waals surface area contributed by atoms with Gasteiger partial charge >= 0.3 is 0 Å². The summed E-state index contributed by atoms with van der Waals surface area (Å²) in [5.41, 5.74) is 1.23. The smallest absolute Gasteiger partial charge is 0.262 e. The molecule has 0 unspecified atom stereocenters. The Morgan fingerprint density at radius 3 is 2.52 bits per heavy atom. The van der Waals surface area contributed by atoms with Crippen molar-refractivity contribution in [2.45, 2.75) is 30.8 Å². The van der Waals surface area contributed by atoms with Crippen molar-refractivity contribution in [3.05, 3.63) is 70.0 Å². The van der Waals surface area contributed by atoms with Gasteiger partial charge in [-0.1, -0.05) is 30.8 Å². The lowest BCUT2D eigenvalue weighted by Crippen LogP contribution is -2.23. The summed E-state index contributed by atoms with van der Waals surface area (Å²) < 4.78 is 30.1. The van der Waals surface area contributed by atoms with Gasteiger partial charge in [-0.25, -0.2) is 8.78 Å². The van der Waals surface area contributed by atoms with Crippen molar-refractivity contribution < 1.29 is 8.78 Å². The van der Waals surface area contributed by atoms with Gasteiger partial charge in [-0.15, -0.1) is 10.2 Å². The summed E-state index contributed by atoms with van der Waals surface area (Å²) in [5.74, 6) is 0.253. The van der Waals surface area contributed by atoms with Crippen molar-refractivity contribution in [2.75, 3.05) is 0 Å². The summed E-state index contributed by atoms with van der Waals surface area (Å²) in [6.45, 7) is 2.43. The van der Waals surface area contributed by atoms with Crippen molar-refractivity contribution in [3.8, 4) is 0 Å². The molecule has 0 aliphatic heterocycles. The summed E-state index contributed by atoms with van der Waals surface area (Å²) in [7, 11) is 0. The fraction of sp³-hybridized carbons (Fsp3) is 0.211. The lowest BCUT2D eigenvalue weighted by Gasteiger charge is -2.10. The molecule has 8 heteroatoms. The van der Waals surface area contributed by atoms with Crippen LogP contribution in [0.5, 0.6) is 0 Å². The Balaban J connectivity index is 1.85. The van der Waals surface area contributed by atoms with E-state index in [2.05, 4.69) is 10.2 Å². The third kappa shape index (κ3) is 3.21. The van der Waals surface area contributed by atoms with Gasteiger partial charge in [0.2, 0.25) is 5.78 Å². The summed E-state index contributed by atoms with van der Waals surface area (Å²) >= 11 is 1.42. The van der Waals surface area contributed by atoms with Crippen LogP contribution in [0.25, 0.3) is 16.7 Å². The molecule has 138 valence electrons. The predicted octanol–water partition coefficient (Wildman–Crippen LogP) is 4.02. The first kappa shape index (κ1) is 17.7. The molecule has 0 radical (unpaired) electrons. The normalized spacial score (nSPS) is 11.5. The highest BCUT2D eigenvalue weighted by atomic mass is 32.2. The van der Waals surface area contributed by atoms with Gasteiger partial charge < -0.3 is 0 Å².